The lowest BCUT2D eigenvalue weighted by Crippen LogP contribution is -2.25. The molecule has 102 valence electrons. The Kier molecular flexibility index (Phi) is 9.23. The highest BCUT2D eigenvalue weighted by atomic mass is 19.4. The molecular formula is C13H23F3O. The van der Waals surface area contributed by atoms with E-state index in [1.54, 1.807) is 0 Å². The molecule has 0 amide bonds. The van der Waals surface area contributed by atoms with Crippen molar-refractivity contribution in [3.8, 4) is 0 Å². The van der Waals surface area contributed by atoms with Crippen LogP contribution in [0.2, 0.25) is 0 Å². The van der Waals surface area contributed by atoms with E-state index in [9.17, 15) is 13.2 Å². The van der Waals surface area contributed by atoms with Crippen molar-refractivity contribution in [2.75, 3.05) is 0 Å². The highest BCUT2D eigenvalue weighted by Crippen LogP contribution is 2.21. The van der Waals surface area contributed by atoms with Gasteiger partial charge in [-0.25, -0.2) is 0 Å². The van der Waals surface area contributed by atoms with Gasteiger partial charge < -0.3 is 5.11 Å². The van der Waals surface area contributed by atoms with Crippen LogP contribution in [-0.2, 0) is 0 Å². The summed E-state index contributed by atoms with van der Waals surface area (Å²) in [6.45, 7) is 2.16. The molecule has 0 aromatic carbocycles. The van der Waals surface area contributed by atoms with Crippen LogP contribution in [0.1, 0.15) is 58.3 Å². The lowest BCUT2D eigenvalue weighted by atomic mass is 10.1. The molecule has 17 heavy (non-hydrogen) atoms. The van der Waals surface area contributed by atoms with Crippen LogP contribution in [0.4, 0.5) is 13.2 Å². The van der Waals surface area contributed by atoms with Crippen LogP contribution in [-0.4, -0.2) is 17.4 Å². The van der Waals surface area contributed by atoms with E-state index in [0.29, 0.717) is 6.42 Å². The Bertz CT molecular complexity index is 199. The van der Waals surface area contributed by atoms with E-state index < -0.39 is 12.3 Å². The number of unbranched alkanes of at least 4 members (excludes halogenated alkanes) is 7. The molecule has 0 aliphatic carbocycles. The molecule has 0 spiro atoms. The summed E-state index contributed by atoms with van der Waals surface area (Å²) in [6, 6.07) is 0. The highest BCUT2D eigenvalue weighted by Gasteiger charge is 2.35. The van der Waals surface area contributed by atoms with Crippen LogP contribution in [0.3, 0.4) is 0 Å². The van der Waals surface area contributed by atoms with E-state index in [1.165, 1.54) is 31.8 Å². The molecule has 1 nitrogen and oxygen atoms in total. The third kappa shape index (κ3) is 10.4. The Labute approximate surface area is 102 Å². The number of rotatable bonds is 9. The van der Waals surface area contributed by atoms with Crippen LogP contribution in [0.15, 0.2) is 12.2 Å². The molecule has 0 aromatic heterocycles. The number of alkyl halides is 3. The van der Waals surface area contributed by atoms with Crippen molar-refractivity contribution in [2.45, 2.75) is 70.6 Å². The minimum absolute atomic E-state index is 0.612. The summed E-state index contributed by atoms with van der Waals surface area (Å²) in [5.41, 5.74) is 0. The zero-order chi connectivity index (χ0) is 13.1. The second-order valence-corrected chi connectivity index (χ2v) is 4.32. The SMILES string of the molecule is CCCCCCCCC/C=C/C(O)C(F)(F)F. The molecule has 0 aliphatic heterocycles. The van der Waals surface area contributed by atoms with E-state index >= 15 is 0 Å². The minimum Gasteiger partial charge on any atom is -0.380 e. The first-order valence-corrected chi connectivity index (χ1v) is 6.40. The summed E-state index contributed by atoms with van der Waals surface area (Å²) < 4.78 is 35.7. The second kappa shape index (κ2) is 9.51. The number of aliphatic hydroxyl groups excluding tert-OH is 1. The van der Waals surface area contributed by atoms with Crippen molar-refractivity contribution < 1.29 is 18.3 Å². The Morgan fingerprint density at radius 2 is 1.53 bits per heavy atom. The number of hydrogen-bond acceptors (Lipinski definition) is 1. The third-order valence-corrected chi connectivity index (χ3v) is 2.63. The lowest BCUT2D eigenvalue weighted by molar-refractivity contribution is -0.187. The van der Waals surface area contributed by atoms with Gasteiger partial charge in [-0.3, -0.25) is 0 Å². The molecule has 4 heteroatoms. The quantitative estimate of drug-likeness (QED) is 0.469. The number of aliphatic hydroxyl groups is 1. The van der Waals surface area contributed by atoms with Gasteiger partial charge in [0, 0.05) is 0 Å². The van der Waals surface area contributed by atoms with Crippen molar-refractivity contribution in [3.63, 3.8) is 0 Å². The highest BCUT2D eigenvalue weighted by molar-refractivity contribution is 4.92. The molecule has 0 rings (SSSR count). The summed E-state index contributed by atoms with van der Waals surface area (Å²) in [5.74, 6) is 0. The molecule has 1 N–H and O–H groups in total. The van der Waals surface area contributed by atoms with Crippen LogP contribution in [0.5, 0.6) is 0 Å². The first-order chi connectivity index (χ1) is 7.98. The molecule has 0 aromatic rings. The Hall–Kier alpha value is -0.510. The van der Waals surface area contributed by atoms with E-state index in [2.05, 4.69) is 6.92 Å². The van der Waals surface area contributed by atoms with Gasteiger partial charge in [-0.2, -0.15) is 13.2 Å². The normalized spacial score (nSPS) is 14.4. The Morgan fingerprint density at radius 3 is 2.06 bits per heavy atom. The summed E-state index contributed by atoms with van der Waals surface area (Å²) in [6.07, 6.45) is 4.06. The van der Waals surface area contributed by atoms with Crippen LogP contribution >= 0.6 is 0 Å². The average molecular weight is 252 g/mol. The number of allylic oxidation sites excluding steroid dienone is 1. The molecular weight excluding hydrogens is 229 g/mol. The summed E-state index contributed by atoms with van der Waals surface area (Å²) in [5, 5.41) is 8.67. The molecule has 0 fully saturated rings. The smallest absolute Gasteiger partial charge is 0.380 e. The van der Waals surface area contributed by atoms with Gasteiger partial charge >= 0.3 is 6.18 Å². The van der Waals surface area contributed by atoms with E-state index in [4.69, 9.17) is 5.11 Å². The van der Waals surface area contributed by atoms with Gasteiger partial charge in [-0.1, -0.05) is 57.6 Å². The van der Waals surface area contributed by atoms with Gasteiger partial charge in [0.2, 0.25) is 0 Å². The maximum Gasteiger partial charge on any atom is 0.417 e. The van der Waals surface area contributed by atoms with Crippen molar-refractivity contribution in [3.05, 3.63) is 12.2 Å². The summed E-state index contributed by atoms with van der Waals surface area (Å²) in [7, 11) is 0. The zero-order valence-corrected chi connectivity index (χ0v) is 10.5. The standard InChI is InChI=1S/C13H23F3O/c1-2-3-4-5-6-7-8-9-10-11-12(17)13(14,15)16/h10-12,17H,2-9H2,1H3/b11-10+. The van der Waals surface area contributed by atoms with E-state index in [1.807, 2.05) is 0 Å². The number of halogens is 3. The van der Waals surface area contributed by atoms with Crippen LogP contribution in [0, 0.1) is 0 Å². The van der Waals surface area contributed by atoms with Crippen molar-refractivity contribution in [1.82, 2.24) is 0 Å². The van der Waals surface area contributed by atoms with E-state index in [0.717, 1.165) is 25.3 Å². The average Bonchev–Trinajstić information content (AvgIpc) is 2.25. The van der Waals surface area contributed by atoms with Gasteiger partial charge in [0.15, 0.2) is 6.10 Å². The Balaban J connectivity index is 3.36. The maximum absolute atomic E-state index is 11.9. The molecule has 0 saturated heterocycles. The fraction of sp³-hybridized carbons (Fsp3) is 0.846. The fourth-order valence-corrected chi connectivity index (χ4v) is 1.55. The fourth-order valence-electron chi connectivity index (χ4n) is 1.55. The van der Waals surface area contributed by atoms with Gasteiger partial charge in [0.25, 0.3) is 0 Å². The Morgan fingerprint density at radius 1 is 1.00 bits per heavy atom. The summed E-state index contributed by atoms with van der Waals surface area (Å²) in [4.78, 5) is 0. The van der Waals surface area contributed by atoms with Gasteiger partial charge in [0.1, 0.15) is 0 Å². The van der Waals surface area contributed by atoms with Crippen molar-refractivity contribution in [1.29, 1.82) is 0 Å². The topological polar surface area (TPSA) is 20.2 Å². The lowest BCUT2D eigenvalue weighted by Gasteiger charge is -2.09. The van der Waals surface area contributed by atoms with Gasteiger partial charge in [-0.05, 0) is 12.8 Å². The van der Waals surface area contributed by atoms with Gasteiger partial charge in [-0.15, -0.1) is 0 Å². The summed E-state index contributed by atoms with van der Waals surface area (Å²) >= 11 is 0. The largest absolute Gasteiger partial charge is 0.417 e. The molecule has 0 aliphatic rings. The molecule has 0 radical (unpaired) electrons. The molecule has 0 bridgehead atoms. The predicted octanol–water partition coefficient (Wildman–Crippen LogP) is 4.61. The first kappa shape index (κ1) is 16.5. The minimum atomic E-state index is -4.53. The van der Waals surface area contributed by atoms with Crippen molar-refractivity contribution >= 4 is 0 Å². The van der Waals surface area contributed by atoms with Crippen molar-refractivity contribution in [2.24, 2.45) is 0 Å². The third-order valence-electron chi connectivity index (χ3n) is 2.63. The molecule has 0 saturated carbocycles. The van der Waals surface area contributed by atoms with Gasteiger partial charge in [0.05, 0.1) is 0 Å². The van der Waals surface area contributed by atoms with E-state index in [-0.39, 0.29) is 0 Å². The predicted molar refractivity (Wildman–Crippen MR) is 63.8 cm³/mol. The van der Waals surface area contributed by atoms with Crippen LogP contribution < -0.4 is 0 Å². The zero-order valence-electron chi connectivity index (χ0n) is 10.5. The monoisotopic (exact) mass is 252 g/mol. The molecule has 0 heterocycles. The second-order valence-electron chi connectivity index (χ2n) is 4.32. The molecule has 1 unspecified atom stereocenters. The van der Waals surface area contributed by atoms with Crippen LogP contribution in [0.25, 0.3) is 0 Å². The molecule has 1 atom stereocenters. The maximum atomic E-state index is 11.9. The first-order valence-electron chi connectivity index (χ1n) is 6.40. The number of hydrogen-bond donors (Lipinski definition) is 1.